The Bertz CT molecular complexity index is 1450. The Kier molecular flexibility index (Phi) is 5.47. The standard InChI is InChI=1S/C22H23N5O3S/c1-4-9-27-14-17(13-25-27)16-10-20-21(24-12-16)8-6-15-5-7-18(11-19(15)22(20)28)26(3)31(29,30)23-2/h5-8,10-14,23H,4,9H2,1-3H3. The summed E-state index contributed by atoms with van der Waals surface area (Å²) in [5, 5.41) is 5.95. The molecule has 0 aliphatic heterocycles. The van der Waals surface area contributed by atoms with E-state index in [4.69, 9.17) is 0 Å². The van der Waals surface area contributed by atoms with Gasteiger partial charge in [0.15, 0.2) is 5.43 Å². The van der Waals surface area contributed by atoms with Gasteiger partial charge < -0.3 is 0 Å². The third-order valence-corrected chi connectivity index (χ3v) is 6.71. The molecule has 160 valence electrons. The maximum Gasteiger partial charge on any atom is 0.301 e. The van der Waals surface area contributed by atoms with Crippen LogP contribution in [0.3, 0.4) is 0 Å². The van der Waals surface area contributed by atoms with Gasteiger partial charge in [0.25, 0.3) is 0 Å². The van der Waals surface area contributed by atoms with Crippen molar-refractivity contribution in [1.29, 1.82) is 0 Å². The highest BCUT2D eigenvalue weighted by Crippen LogP contribution is 2.24. The molecule has 1 N–H and O–H groups in total. The van der Waals surface area contributed by atoms with Gasteiger partial charge in [-0.15, -0.1) is 0 Å². The molecule has 0 saturated carbocycles. The second-order valence-corrected chi connectivity index (χ2v) is 9.17. The molecule has 4 rings (SSSR count). The van der Waals surface area contributed by atoms with Gasteiger partial charge in [-0.1, -0.05) is 19.1 Å². The molecule has 0 amide bonds. The lowest BCUT2D eigenvalue weighted by atomic mass is 10.1. The Morgan fingerprint density at radius 3 is 2.58 bits per heavy atom. The Hall–Kier alpha value is -3.30. The zero-order chi connectivity index (χ0) is 22.2. The Morgan fingerprint density at radius 2 is 1.84 bits per heavy atom. The zero-order valence-electron chi connectivity index (χ0n) is 17.5. The van der Waals surface area contributed by atoms with E-state index in [2.05, 4.69) is 21.7 Å². The molecule has 4 aromatic rings. The third-order valence-electron chi connectivity index (χ3n) is 5.27. The smallest absolute Gasteiger partial charge is 0.289 e. The SMILES string of the molecule is CCCn1cc(-c2cnc3ccc4ccc(N(C)S(=O)(=O)NC)cc4c(=O)c3c2)cn1. The van der Waals surface area contributed by atoms with Crippen molar-refractivity contribution in [3.8, 4) is 11.1 Å². The zero-order valence-corrected chi connectivity index (χ0v) is 18.3. The third kappa shape index (κ3) is 3.89. The lowest BCUT2D eigenvalue weighted by molar-refractivity contribution is 0.586. The highest BCUT2D eigenvalue weighted by Gasteiger charge is 2.16. The minimum absolute atomic E-state index is 0.206. The molecular formula is C22H23N5O3S. The normalized spacial score (nSPS) is 11.8. The first-order valence-corrected chi connectivity index (χ1v) is 11.3. The fourth-order valence-electron chi connectivity index (χ4n) is 3.48. The summed E-state index contributed by atoms with van der Waals surface area (Å²) in [6.07, 6.45) is 6.41. The van der Waals surface area contributed by atoms with E-state index in [1.165, 1.54) is 14.1 Å². The van der Waals surface area contributed by atoms with Gasteiger partial charge in [0.2, 0.25) is 0 Å². The molecule has 0 aliphatic carbocycles. The number of rotatable bonds is 6. The van der Waals surface area contributed by atoms with E-state index in [0.29, 0.717) is 27.4 Å². The second kappa shape index (κ2) is 8.09. The van der Waals surface area contributed by atoms with Crippen molar-refractivity contribution in [2.75, 3.05) is 18.4 Å². The number of nitrogens with one attached hydrogen (secondary N) is 1. The molecule has 0 radical (unpaired) electrons. The van der Waals surface area contributed by atoms with Gasteiger partial charge in [0, 0.05) is 54.9 Å². The maximum atomic E-state index is 13.4. The monoisotopic (exact) mass is 437 g/mol. The van der Waals surface area contributed by atoms with Crippen LogP contribution < -0.4 is 14.5 Å². The average molecular weight is 438 g/mol. The molecule has 0 spiro atoms. The van der Waals surface area contributed by atoms with Crippen LogP contribution in [0.2, 0.25) is 0 Å². The van der Waals surface area contributed by atoms with Crippen molar-refractivity contribution in [2.45, 2.75) is 19.9 Å². The van der Waals surface area contributed by atoms with E-state index in [9.17, 15) is 13.2 Å². The minimum atomic E-state index is -3.68. The van der Waals surface area contributed by atoms with Crippen LogP contribution in [0.1, 0.15) is 13.3 Å². The predicted molar refractivity (Wildman–Crippen MR) is 123 cm³/mol. The molecule has 2 aromatic heterocycles. The van der Waals surface area contributed by atoms with Crippen molar-refractivity contribution in [3.63, 3.8) is 0 Å². The number of aromatic nitrogens is 3. The second-order valence-electron chi connectivity index (χ2n) is 7.26. The number of nitrogens with zero attached hydrogens (tertiary/aromatic N) is 4. The average Bonchev–Trinajstić information content (AvgIpc) is 3.20. The fourth-order valence-corrected chi connectivity index (χ4v) is 4.15. The number of hydrogen-bond acceptors (Lipinski definition) is 5. The Balaban J connectivity index is 1.91. The van der Waals surface area contributed by atoms with Crippen molar-refractivity contribution in [3.05, 3.63) is 65.2 Å². The number of anilines is 1. The van der Waals surface area contributed by atoms with E-state index in [-0.39, 0.29) is 5.43 Å². The van der Waals surface area contributed by atoms with Crippen LogP contribution in [0, 0.1) is 0 Å². The van der Waals surface area contributed by atoms with Gasteiger partial charge >= 0.3 is 10.2 Å². The van der Waals surface area contributed by atoms with Gasteiger partial charge in [-0.3, -0.25) is 18.8 Å². The van der Waals surface area contributed by atoms with Crippen LogP contribution in [0.5, 0.6) is 0 Å². The molecule has 0 bridgehead atoms. The van der Waals surface area contributed by atoms with E-state index in [0.717, 1.165) is 28.4 Å². The lowest BCUT2D eigenvalue weighted by Gasteiger charge is -2.18. The van der Waals surface area contributed by atoms with E-state index < -0.39 is 10.2 Å². The Labute approximate surface area is 180 Å². The van der Waals surface area contributed by atoms with E-state index in [1.807, 2.05) is 23.0 Å². The number of benzene rings is 1. The van der Waals surface area contributed by atoms with Crippen LogP contribution >= 0.6 is 0 Å². The van der Waals surface area contributed by atoms with Crippen LogP contribution in [0.25, 0.3) is 32.8 Å². The highest BCUT2D eigenvalue weighted by atomic mass is 32.2. The fraction of sp³-hybridized carbons (Fsp3) is 0.227. The lowest BCUT2D eigenvalue weighted by Crippen LogP contribution is -2.35. The first-order chi connectivity index (χ1) is 14.8. The Morgan fingerprint density at radius 1 is 1.06 bits per heavy atom. The summed E-state index contributed by atoms with van der Waals surface area (Å²) >= 11 is 0. The van der Waals surface area contributed by atoms with E-state index >= 15 is 0 Å². The molecule has 31 heavy (non-hydrogen) atoms. The minimum Gasteiger partial charge on any atom is -0.289 e. The summed E-state index contributed by atoms with van der Waals surface area (Å²) < 4.78 is 29.6. The summed E-state index contributed by atoms with van der Waals surface area (Å²) in [4.78, 5) is 17.9. The van der Waals surface area contributed by atoms with Crippen LogP contribution in [-0.4, -0.2) is 37.3 Å². The molecular weight excluding hydrogens is 414 g/mol. The van der Waals surface area contributed by atoms with Gasteiger partial charge in [-0.2, -0.15) is 13.5 Å². The van der Waals surface area contributed by atoms with Crippen LogP contribution in [-0.2, 0) is 16.8 Å². The molecule has 0 atom stereocenters. The molecule has 2 aromatic carbocycles. The maximum absolute atomic E-state index is 13.4. The summed E-state index contributed by atoms with van der Waals surface area (Å²) in [6, 6.07) is 10.4. The molecule has 0 fully saturated rings. The molecule has 0 saturated heterocycles. The summed E-state index contributed by atoms with van der Waals surface area (Å²) in [7, 11) is -0.899. The largest absolute Gasteiger partial charge is 0.301 e. The van der Waals surface area contributed by atoms with E-state index in [1.54, 1.807) is 36.7 Å². The van der Waals surface area contributed by atoms with Crippen molar-refractivity contribution in [1.82, 2.24) is 19.5 Å². The molecule has 2 heterocycles. The number of aryl methyl sites for hydroxylation is 1. The van der Waals surface area contributed by atoms with Gasteiger partial charge in [0.1, 0.15) is 0 Å². The number of fused-ring (bicyclic) bond motifs is 2. The predicted octanol–water partition coefficient (Wildman–Crippen LogP) is 2.92. The topological polar surface area (TPSA) is 97.2 Å². The molecule has 9 heteroatoms. The van der Waals surface area contributed by atoms with Crippen LogP contribution in [0.4, 0.5) is 5.69 Å². The summed E-state index contributed by atoms with van der Waals surface area (Å²) in [5.41, 5.74) is 2.45. The van der Waals surface area contributed by atoms with Gasteiger partial charge in [0.05, 0.1) is 17.4 Å². The number of hydrogen-bond donors (Lipinski definition) is 1. The summed E-state index contributed by atoms with van der Waals surface area (Å²) in [6.45, 7) is 2.90. The van der Waals surface area contributed by atoms with Crippen molar-refractivity contribution >= 4 is 37.6 Å². The molecule has 0 unspecified atom stereocenters. The van der Waals surface area contributed by atoms with Gasteiger partial charge in [-0.05, 0) is 36.1 Å². The molecule has 0 aliphatic rings. The first-order valence-electron chi connectivity index (χ1n) is 9.91. The quantitative estimate of drug-likeness (QED) is 0.500. The summed E-state index contributed by atoms with van der Waals surface area (Å²) in [5.74, 6) is 0. The van der Waals surface area contributed by atoms with Crippen molar-refractivity contribution in [2.24, 2.45) is 0 Å². The highest BCUT2D eigenvalue weighted by molar-refractivity contribution is 7.90. The molecule has 8 nitrogen and oxygen atoms in total. The first kappa shape index (κ1) is 21.0. The number of pyridine rings is 1. The van der Waals surface area contributed by atoms with Crippen molar-refractivity contribution < 1.29 is 8.42 Å². The van der Waals surface area contributed by atoms with Gasteiger partial charge in [-0.25, -0.2) is 4.72 Å². The van der Waals surface area contributed by atoms with Crippen LogP contribution in [0.15, 0.2) is 59.8 Å².